The molecule has 0 aliphatic heterocycles. The lowest BCUT2D eigenvalue weighted by atomic mass is 10.1. The van der Waals surface area contributed by atoms with Crippen molar-refractivity contribution in [3.05, 3.63) is 41.5 Å². The fraction of sp³-hybridized carbons (Fsp3) is 0.375. The van der Waals surface area contributed by atoms with Gasteiger partial charge in [-0.15, -0.1) is 10.2 Å². The predicted octanol–water partition coefficient (Wildman–Crippen LogP) is 3.33. The lowest BCUT2D eigenvalue weighted by Crippen LogP contribution is -2.12. The summed E-state index contributed by atoms with van der Waals surface area (Å²) in [6, 6.07) is 8.00. The van der Waals surface area contributed by atoms with Gasteiger partial charge in [-0.2, -0.15) is 4.98 Å². The molecule has 7 nitrogen and oxygen atoms in total. The van der Waals surface area contributed by atoms with Crippen LogP contribution in [0.4, 0.5) is 0 Å². The van der Waals surface area contributed by atoms with Gasteiger partial charge in [-0.3, -0.25) is 0 Å². The molecule has 0 radical (unpaired) electrons. The van der Waals surface area contributed by atoms with E-state index < -0.39 is 0 Å². The second-order valence-corrected chi connectivity index (χ2v) is 7.26. The van der Waals surface area contributed by atoms with Gasteiger partial charge in [-0.05, 0) is 13.8 Å². The van der Waals surface area contributed by atoms with E-state index in [4.69, 9.17) is 10.4 Å². The molecule has 126 valence electrons. The van der Waals surface area contributed by atoms with Crippen LogP contribution in [-0.4, -0.2) is 25.0 Å². The monoisotopic (exact) mass is 344 g/mol. The first-order chi connectivity index (χ1) is 11.5. The number of aromatic nitrogens is 5. The SMILES string of the molecule is Cc1ccc(-c2nnc(SC(C)c3nc(C(C)C)no3)n2N)cc1. The summed E-state index contributed by atoms with van der Waals surface area (Å²) in [6.07, 6.45) is 0. The summed E-state index contributed by atoms with van der Waals surface area (Å²) < 4.78 is 6.82. The third kappa shape index (κ3) is 3.28. The van der Waals surface area contributed by atoms with Crippen molar-refractivity contribution in [2.75, 3.05) is 5.84 Å². The summed E-state index contributed by atoms with van der Waals surface area (Å²) in [6.45, 7) is 8.06. The predicted molar refractivity (Wildman–Crippen MR) is 93.0 cm³/mol. The Balaban J connectivity index is 1.79. The topological polar surface area (TPSA) is 95.6 Å². The summed E-state index contributed by atoms with van der Waals surface area (Å²) in [5.41, 5.74) is 2.11. The maximum atomic E-state index is 6.16. The largest absolute Gasteiger partial charge is 0.338 e. The van der Waals surface area contributed by atoms with Gasteiger partial charge in [0.05, 0.1) is 5.25 Å². The lowest BCUT2D eigenvalue weighted by Gasteiger charge is -2.06. The molecule has 0 saturated heterocycles. The minimum absolute atomic E-state index is 0.0673. The van der Waals surface area contributed by atoms with E-state index in [1.807, 2.05) is 52.0 Å². The van der Waals surface area contributed by atoms with Gasteiger partial charge in [-0.1, -0.05) is 60.6 Å². The molecule has 0 spiro atoms. The van der Waals surface area contributed by atoms with Gasteiger partial charge >= 0.3 is 0 Å². The second kappa shape index (κ2) is 6.64. The highest BCUT2D eigenvalue weighted by molar-refractivity contribution is 7.99. The minimum atomic E-state index is -0.0673. The number of rotatable bonds is 5. The van der Waals surface area contributed by atoms with E-state index in [-0.39, 0.29) is 11.2 Å². The Morgan fingerprint density at radius 1 is 1.12 bits per heavy atom. The average molecular weight is 344 g/mol. The molecule has 1 aromatic carbocycles. The minimum Gasteiger partial charge on any atom is -0.338 e. The molecule has 1 atom stereocenters. The van der Waals surface area contributed by atoms with Gasteiger partial charge in [0.1, 0.15) is 0 Å². The van der Waals surface area contributed by atoms with Crippen LogP contribution in [-0.2, 0) is 0 Å². The van der Waals surface area contributed by atoms with E-state index in [9.17, 15) is 0 Å². The van der Waals surface area contributed by atoms with Crippen molar-refractivity contribution >= 4 is 11.8 Å². The van der Waals surface area contributed by atoms with E-state index in [0.29, 0.717) is 22.7 Å². The number of benzene rings is 1. The summed E-state index contributed by atoms with van der Waals surface area (Å²) in [5, 5.41) is 12.9. The molecule has 2 heterocycles. The summed E-state index contributed by atoms with van der Waals surface area (Å²) in [7, 11) is 0. The normalized spacial score (nSPS) is 12.7. The summed E-state index contributed by atoms with van der Waals surface area (Å²) in [4.78, 5) is 4.41. The number of thioether (sulfide) groups is 1. The van der Waals surface area contributed by atoms with Gasteiger partial charge in [-0.25, -0.2) is 4.68 Å². The maximum Gasteiger partial charge on any atom is 0.239 e. The molecule has 8 heteroatoms. The Kier molecular flexibility index (Phi) is 4.57. The van der Waals surface area contributed by atoms with E-state index in [2.05, 4.69) is 20.3 Å². The van der Waals surface area contributed by atoms with Crippen LogP contribution in [0.1, 0.15) is 49.2 Å². The van der Waals surface area contributed by atoms with Crippen LogP contribution in [0.5, 0.6) is 0 Å². The molecule has 0 bridgehead atoms. The Labute approximate surface area is 144 Å². The van der Waals surface area contributed by atoms with Crippen molar-refractivity contribution in [3.63, 3.8) is 0 Å². The highest BCUT2D eigenvalue weighted by atomic mass is 32.2. The van der Waals surface area contributed by atoms with Crippen molar-refractivity contribution in [2.45, 2.75) is 44.0 Å². The quantitative estimate of drug-likeness (QED) is 0.560. The first-order valence-electron chi connectivity index (χ1n) is 7.73. The molecule has 3 aromatic rings. The van der Waals surface area contributed by atoms with Gasteiger partial charge in [0.2, 0.25) is 11.0 Å². The van der Waals surface area contributed by atoms with E-state index in [1.165, 1.54) is 22.0 Å². The fourth-order valence-corrected chi connectivity index (χ4v) is 2.91. The zero-order valence-corrected chi connectivity index (χ0v) is 14.9. The van der Waals surface area contributed by atoms with Crippen LogP contribution in [0.15, 0.2) is 33.9 Å². The van der Waals surface area contributed by atoms with Gasteiger partial charge < -0.3 is 10.4 Å². The number of hydrogen-bond acceptors (Lipinski definition) is 7. The second-order valence-electron chi connectivity index (χ2n) is 5.95. The van der Waals surface area contributed by atoms with Crippen molar-refractivity contribution in [3.8, 4) is 11.4 Å². The molecule has 2 N–H and O–H groups in total. The summed E-state index contributed by atoms with van der Waals surface area (Å²) >= 11 is 1.44. The molecule has 0 aliphatic rings. The van der Waals surface area contributed by atoms with Crippen LogP contribution in [0.2, 0.25) is 0 Å². The number of aryl methyl sites for hydroxylation is 1. The number of hydrogen-bond donors (Lipinski definition) is 1. The Morgan fingerprint density at radius 2 is 1.83 bits per heavy atom. The highest BCUT2D eigenvalue weighted by Gasteiger charge is 2.21. The zero-order chi connectivity index (χ0) is 17.3. The van der Waals surface area contributed by atoms with Crippen molar-refractivity contribution < 1.29 is 4.52 Å². The first kappa shape index (κ1) is 16.5. The molecule has 0 amide bonds. The van der Waals surface area contributed by atoms with Crippen LogP contribution in [0, 0.1) is 6.92 Å². The molecular weight excluding hydrogens is 324 g/mol. The third-order valence-electron chi connectivity index (χ3n) is 3.58. The van der Waals surface area contributed by atoms with E-state index >= 15 is 0 Å². The molecule has 1 unspecified atom stereocenters. The van der Waals surface area contributed by atoms with E-state index in [0.717, 1.165) is 5.56 Å². The maximum absolute atomic E-state index is 6.16. The smallest absolute Gasteiger partial charge is 0.239 e. The van der Waals surface area contributed by atoms with Crippen LogP contribution < -0.4 is 5.84 Å². The van der Waals surface area contributed by atoms with Crippen molar-refractivity contribution in [1.82, 2.24) is 25.0 Å². The molecule has 3 rings (SSSR count). The van der Waals surface area contributed by atoms with Gasteiger partial charge in [0, 0.05) is 11.5 Å². The molecule has 24 heavy (non-hydrogen) atoms. The molecule has 0 saturated carbocycles. The lowest BCUT2D eigenvalue weighted by molar-refractivity contribution is 0.373. The van der Waals surface area contributed by atoms with Crippen LogP contribution >= 0.6 is 11.8 Å². The van der Waals surface area contributed by atoms with E-state index in [1.54, 1.807) is 0 Å². The van der Waals surface area contributed by atoms with Crippen molar-refractivity contribution in [1.29, 1.82) is 0 Å². The zero-order valence-electron chi connectivity index (χ0n) is 14.1. The third-order valence-corrected chi connectivity index (χ3v) is 4.62. The molecule has 0 aliphatic carbocycles. The Bertz CT molecular complexity index is 823. The van der Waals surface area contributed by atoms with Crippen molar-refractivity contribution in [2.24, 2.45) is 0 Å². The fourth-order valence-electron chi connectivity index (χ4n) is 2.11. The van der Waals surface area contributed by atoms with Crippen LogP contribution in [0.3, 0.4) is 0 Å². The van der Waals surface area contributed by atoms with Gasteiger partial charge in [0.15, 0.2) is 11.6 Å². The summed E-state index contributed by atoms with van der Waals surface area (Å²) in [5.74, 6) is 8.27. The molecule has 0 fully saturated rings. The standard InChI is InChI=1S/C16H20N6OS/c1-9(2)13-18-15(23-21-13)11(4)24-16-20-19-14(22(16)17)12-7-5-10(3)6-8-12/h5-9,11H,17H2,1-4H3. The van der Waals surface area contributed by atoms with Crippen LogP contribution in [0.25, 0.3) is 11.4 Å². The van der Waals surface area contributed by atoms with Gasteiger partial charge in [0.25, 0.3) is 0 Å². The Morgan fingerprint density at radius 3 is 2.46 bits per heavy atom. The number of nitrogens with two attached hydrogens (primary N) is 1. The average Bonchev–Trinajstić information content (AvgIpc) is 3.17. The Hall–Kier alpha value is -2.35. The first-order valence-corrected chi connectivity index (χ1v) is 8.61. The number of nitrogens with zero attached hydrogens (tertiary/aromatic N) is 5. The number of nitrogen functional groups attached to an aromatic ring is 1. The highest BCUT2D eigenvalue weighted by Crippen LogP contribution is 2.34. The molecule has 2 aromatic heterocycles. The molecular formula is C16H20N6OS.